The second-order valence-electron chi connectivity index (χ2n) is 5.52. The summed E-state index contributed by atoms with van der Waals surface area (Å²) in [6.07, 6.45) is 0. The van der Waals surface area contributed by atoms with Gasteiger partial charge in [0.25, 0.3) is 0 Å². The lowest BCUT2D eigenvalue weighted by Gasteiger charge is -2.18. The zero-order valence-corrected chi connectivity index (χ0v) is 14.7. The Morgan fingerprint density at radius 1 is 1.09 bits per heavy atom. The number of rotatable bonds is 4. The molecular weight excluding hydrogens is 312 g/mol. The summed E-state index contributed by atoms with van der Waals surface area (Å²) in [5.41, 5.74) is 4.98. The highest BCUT2D eigenvalue weighted by molar-refractivity contribution is 7.80. The third-order valence-electron chi connectivity index (χ3n) is 3.74. The third kappa shape index (κ3) is 4.72. The standard InChI is InChI=1S/C18H21ClN2S/c1-12-4-7-16(10-13(12)2)14(3)21-18(22)20-11-15-5-8-17(19)9-6-15/h4-10,14H,11H2,1-3H3,(H2,20,21,22). The molecule has 0 saturated carbocycles. The van der Waals surface area contributed by atoms with Crippen molar-refractivity contribution in [1.29, 1.82) is 0 Å². The molecule has 0 radical (unpaired) electrons. The van der Waals surface area contributed by atoms with Gasteiger partial charge >= 0.3 is 0 Å². The van der Waals surface area contributed by atoms with Crippen LogP contribution in [0.15, 0.2) is 42.5 Å². The molecule has 0 aromatic heterocycles. The molecule has 0 bridgehead atoms. The van der Waals surface area contributed by atoms with E-state index in [9.17, 15) is 0 Å². The van der Waals surface area contributed by atoms with Gasteiger partial charge in [0.05, 0.1) is 6.04 Å². The molecular formula is C18H21ClN2S. The fourth-order valence-electron chi connectivity index (χ4n) is 2.15. The van der Waals surface area contributed by atoms with Gasteiger partial charge in [0.1, 0.15) is 0 Å². The molecule has 0 heterocycles. The van der Waals surface area contributed by atoms with E-state index in [0.29, 0.717) is 11.7 Å². The molecule has 2 rings (SSSR count). The number of thiocarbonyl (C=S) groups is 1. The van der Waals surface area contributed by atoms with E-state index < -0.39 is 0 Å². The molecule has 0 aliphatic rings. The summed E-state index contributed by atoms with van der Waals surface area (Å²) < 4.78 is 0. The molecule has 0 fully saturated rings. The largest absolute Gasteiger partial charge is 0.359 e. The minimum Gasteiger partial charge on any atom is -0.359 e. The van der Waals surface area contributed by atoms with Gasteiger partial charge in [-0.25, -0.2) is 0 Å². The number of nitrogens with one attached hydrogen (secondary N) is 2. The third-order valence-corrected chi connectivity index (χ3v) is 4.26. The first kappa shape index (κ1) is 16.8. The Morgan fingerprint density at radius 2 is 1.77 bits per heavy atom. The van der Waals surface area contributed by atoms with E-state index in [1.807, 2.05) is 24.3 Å². The van der Waals surface area contributed by atoms with Gasteiger partial charge in [0.15, 0.2) is 5.11 Å². The highest BCUT2D eigenvalue weighted by Crippen LogP contribution is 2.16. The summed E-state index contributed by atoms with van der Waals surface area (Å²) in [6.45, 7) is 7.04. The van der Waals surface area contributed by atoms with Gasteiger partial charge in [-0.05, 0) is 67.4 Å². The van der Waals surface area contributed by atoms with Crippen LogP contribution in [0.2, 0.25) is 5.02 Å². The first-order chi connectivity index (χ1) is 10.5. The Labute approximate surface area is 142 Å². The van der Waals surface area contributed by atoms with Gasteiger partial charge in [0.2, 0.25) is 0 Å². The molecule has 2 nitrogen and oxygen atoms in total. The smallest absolute Gasteiger partial charge is 0.167 e. The van der Waals surface area contributed by atoms with E-state index in [1.165, 1.54) is 16.7 Å². The molecule has 0 amide bonds. The summed E-state index contributed by atoms with van der Waals surface area (Å²) in [4.78, 5) is 0. The lowest BCUT2D eigenvalue weighted by atomic mass is 10.0. The van der Waals surface area contributed by atoms with Crippen molar-refractivity contribution < 1.29 is 0 Å². The number of benzene rings is 2. The topological polar surface area (TPSA) is 24.1 Å². The predicted octanol–water partition coefficient (Wildman–Crippen LogP) is 4.68. The summed E-state index contributed by atoms with van der Waals surface area (Å²) in [5.74, 6) is 0. The average Bonchev–Trinajstić information content (AvgIpc) is 2.49. The molecule has 2 N–H and O–H groups in total. The van der Waals surface area contributed by atoms with Crippen LogP contribution < -0.4 is 10.6 Å². The Kier molecular flexibility index (Phi) is 5.81. The highest BCUT2D eigenvalue weighted by Gasteiger charge is 2.07. The first-order valence-electron chi connectivity index (χ1n) is 7.31. The lowest BCUT2D eigenvalue weighted by molar-refractivity contribution is 0.697. The molecule has 0 aliphatic carbocycles. The van der Waals surface area contributed by atoms with Crippen molar-refractivity contribution in [3.05, 3.63) is 69.7 Å². The SMILES string of the molecule is Cc1ccc(C(C)NC(=S)NCc2ccc(Cl)cc2)cc1C. The van der Waals surface area contributed by atoms with Crippen molar-refractivity contribution in [1.82, 2.24) is 10.6 Å². The molecule has 4 heteroatoms. The average molecular weight is 333 g/mol. The van der Waals surface area contributed by atoms with Gasteiger partial charge < -0.3 is 10.6 Å². The quantitative estimate of drug-likeness (QED) is 0.795. The van der Waals surface area contributed by atoms with Crippen molar-refractivity contribution >= 4 is 28.9 Å². The van der Waals surface area contributed by atoms with Crippen LogP contribution in [0.5, 0.6) is 0 Å². The van der Waals surface area contributed by atoms with Crippen LogP contribution in [0, 0.1) is 13.8 Å². The van der Waals surface area contributed by atoms with Crippen molar-refractivity contribution in [3.63, 3.8) is 0 Å². The van der Waals surface area contributed by atoms with Crippen molar-refractivity contribution in [3.8, 4) is 0 Å². The maximum atomic E-state index is 5.88. The summed E-state index contributed by atoms with van der Waals surface area (Å²) in [6, 6.07) is 14.4. The van der Waals surface area contributed by atoms with E-state index >= 15 is 0 Å². The lowest BCUT2D eigenvalue weighted by Crippen LogP contribution is -2.36. The second kappa shape index (κ2) is 7.61. The Bertz CT molecular complexity index is 653. The van der Waals surface area contributed by atoms with Crippen molar-refractivity contribution in [2.75, 3.05) is 0 Å². The molecule has 22 heavy (non-hydrogen) atoms. The molecule has 0 saturated heterocycles. The van der Waals surface area contributed by atoms with Gasteiger partial charge in [-0.2, -0.15) is 0 Å². The number of aryl methyl sites for hydroxylation is 2. The van der Waals surface area contributed by atoms with Crippen molar-refractivity contribution in [2.24, 2.45) is 0 Å². The van der Waals surface area contributed by atoms with Crippen LogP contribution in [0.1, 0.15) is 35.2 Å². The number of hydrogen-bond acceptors (Lipinski definition) is 1. The molecule has 1 atom stereocenters. The molecule has 116 valence electrons. The molecule has 2 aromatic carbocycles. The van der Waals surface area contributed by atoms with Crippen molar-refractivity contribution in [2.45, 2.75) is 33.4 Å². The zero-order chi connectivity index (χ0) is 16.1. The fourth-order valence-corrected chi connectivity index (χ4v) is 2.52. The Morgan fingerprint density at radius 3 is 2.41 bits per heavy atom. The van der Waals surface area contributed by atoms with E-state index in [1.54, 1.807) is 0 Å². The van der Waals surface area contributed by atoms with Gasteiger partial charge in [-0.15, -0.1) is 0 Å². The van der Waals surface area contributed by atoms with E-state index in [4.69, 9.17) is 23.8 Å². The number of hydrogen-bond donors (Lipinski definition) is 2. The molecule has 2 aromatic rings. The fraction of sp³-hybridized carbons (Fsp3) is 0.278. The molecule has 0 spiro atoms. The zero-order valence-electron chi connectivity index (χ0n) is 13.1. The van der Waals surface area contributed by atoms with Crippen LogP contribution in [-0.2, 0) is 6.54 Å². The Balaban J connectivity index is 1.88. The van der Waals surface area contributed by atoms with Gasteiger partial charge in [0, 0.05) is 11.6 Å². The van der Waals surface area contributed by atoms with E-state index in [0.717, 1.165) is 10.6 Å². The van der Waals surface area contributed by atoms with E-state index in [-0.39, 0.29) is 6.04 Å². The van der Waals surface area contributed by atoms with E-state index in [2.05, 4.69) is 49.6 Å². The first-order valence-corrected chi connectivity index (χ1v) is 8.10. The minimum atomic E-state index is 0.171. The number of halogens is 1. The second-order valence-corrected chi connectivity index (χ2v) is 6.36. The molecule has 1 unspecified atom stereocenters. The highest BCUT2D eigenvalue weighted by atomic mass is 35.5. The van der Waals surface area contributed by atoms with Gasteiger partial charge in [-0.3, -0.25) is 0 Å². The minimum absolute atomic E-state index is 0.171. The Hall–Kier alpha value is -1.58. The van der Waals surface area contributed by atoms with Crippen LogP contribution in [0.25, 0.3) is 0 Å². The van der Waals surface area contributed by atoms with Crippen LogP contribution in [0.4, 0.5) is 0 Å². The summed E-state index contributed by atoms with van der Waals surface area (Å²) in [5, 5.41) is 7.94. The van der Waals surface area contributed by atoms with Crippen LogP contribution in [0.3, 0.4) is 0 Å². The monoisotopic (exact) mass is 332 g/mol. The maximum absolute atomic E-state index is 5.88. The molecule has 0 aliphatic heterocycles. The maximum Gasteiger partial charge on any atom is 0.167 e. The summed E-state index contributed by atoms with van der Waals surface area (Å²) in [7, 11) is 0. The van der Waals surface area contributed by atoms with Crippen LogP contribution in [-0.4, -0.2) is 5.11 Å². The predicted molar refractivity (Wildman–Crippen MR) is 98.4 cm³/mol. The van der Waals surface area contributed by atoms with Crippen LogP contribution >= 0.6 is 23.8 Å². The van der Waals surface area contributed by atoms with Gasteiger partial charge in [-0.1, -0.05) is 41.9 Å². The normalized spacial score (nSPS) is 11.8. The summed E-state index contributed by atoms with van der Waals surface area (Å²) >= 11 is 11.2.